The maximum Gasteiger partial charge on any atom is 0.411 e. The number of alkyl halides is 1. The largest absolute Gasteiger partial charge is 0.448 e. The Morgan fingerprint density at radius 2 is 2.22 bits per heavy atom. The predicted molar refractivity (Wildman–Crippen MR) is 68.5 cm³/mol. The first-order chi connectivity index (χ1) is 8.45. The molecule has 0 radical (unpaired) electrons. The molecule has 0 heterocycles. The van der Waals surface area contributed by atoms with E-state index in [1.165, 1.54) is 12.1 Å². The molecule has 0 saturated heterocycles. The summed E-state index contributed by atoms with van der Waals surface area (Å²) in [7, 11) is 0. The lowest BCUT2D eigenvalue weighted by molar-refractivity contribution is -0.384. The van der Waals surface area contributed by atoms with Crippen LogP contribution < -0.4 is 5.32 Å². The molecular weight excluding hydrogens is 283 g/mol. The number of nitrogens with one attached hydrogen (secondary N) is 1. The number of nitro groups is 1. The number of carbonyl (C=O) groups is 1. The minimum Gasteiger partial charge on any atom is -0.448 e. The van der Waals surface area contributed by atoms with Gasteiger partial charge in [-0.05, 0) is 18.6 Å². The topological polar surface area (TPSA) is 81.5 Å². The Balaban J connectivity index is 2.92. The number of amides is 1. The highest BCUT2D eigenvalue weighted by atomic mass is 35.5. The summed E-state index contributed by atoms with van der Waals surface area (Å²) in [5, 5.41) is 13.1. The molecule has 0 atom stereocenters. The molecule has 1 aromatic rings. The van der Waals surface area contributed by atoms with Crippen LogP contribution in [0, 0.1) is 17.0 Å². The van der Waals surface area contributed by atoms with Gasteiger partial charge in [0, 0.05) is 6.07 Å². The van der Waals surface area contributed by atoms with Crippen LogP contribution in [0.5, 0.6) is 0 Å². The minimum absolute atomic E-state index is 0.0113. The normalized spacial score (nSPS) is 9.94. The molecule has 1 rings (SSSR count). The fourth-order valence-electron chi connectivity index (χ4n) is 1.21. The molecule has 0 aliphatic heterocycles. The van der Waals surface area contributed by atoms with Crippen molar-refractivity contribution in [2.75, 3.05) is 17.8 Å². The van der Waals surface area contributed by atoms with Crippen LogP contribution in [0.2, 0.25) is 5.02 Å². The first-order valence-corrected chi connectivity index (χ1v) is 5.81. The molecule has 6 nitrogen and oxygen atoms in total. The van der Waals surface area contributed by atoms with E-state index < -0.39 is 11.0 Å². The van der Waals surface area contributed by atoms with E-state index in [0.717, 1.165) is 0 Å². The van der Waals surface area contributed by atoms with E-state index in [0.29, 0.717) is 5.56 Å². The zero-order valence-corrected chi connectivity index (χ0v) is 10.9. The van der Waals surface area contributed by atoms with Gasteiger partial charge in [-0.15, -0.1) is 11.6 Å². The van der Waals surface area contributed by atoms with Crippen molar-refractivity contribution in [2.24, 2.45) is 0 Å². The second-order valence-corrected chi connectivity index (χ2v) is 4.11. The zero-order chi connectivity index (χ0) is 13.7. The number of nitrogens with zero attached hydrogens (tertiary/aromatic N) is 1. The first kappa shape index (κ1) is 14.5. The zero-order valence-electron chi connectivity index (χ0n) is 9.41. The van der Waals surface area contributed by atoms with Gasteiger partial charge in [-0.2, -0.15) is 0 Å². The Hall–Kier alpha value is -1.53. The molecule has 0 aliphatic rings. The van der Waals surface area contributed by atoms with E-state index in [1.807, 2.05) is 0 Å². The Morgan fingerprint density at radius 1 is 1.56 bits per heavy atom. The summed E-state index contributed by atoms with van der Waals surface area (Å²) in [6.45, 7) is 1.72. The third kappa shape index (κ3) is 3.75. The van der Waals surface area contributed by atoms with Gasteiger partial charge < -0.3 is 4.74 Å². The van der Waals surface area contributed by atoms with Crippen molar-refractivity contribution in [1.29, 1.82) is 0 Å². The molecule has 1 aromatic carbocycles. The molecule has 8 heteroatoms. The van der Waals surface area contributed by atoms with E-state index in [9.17, 15) is 14.9 Å². The van der Waals surface area contributed by atoms with Gasteiger partial charge in [0.1, 0.15) is 11.6 Å². The average molecular weight is 293 g/mol. The Bertz CT molecular complexity index is 479. The van der Waals surface area contributed by atoms with E-state index in [2.05, 4.69) is 5.32 Å². The summed E-state index contributed by atoms with van der Waals surface area (Å²) in [6, 6.07) is 2.58. The fourth-order valence-corrected chi connectivity index (χ4v) is 1.58. The SMILES string of the molecule is Cc1cc(Cl)c([N+](=O)[O-])cc1NC(=O)OCCCl. The Kier molecular flexibility index (Phi) is 5.18. The molecule has 0 spiro atoms. The lowest BCUT2D eigenvalue weighted by Gasteiger charge is -2.09. The number of benzene rings is 1. The van der Waals surface area contributed by atoms with Crippen LogP contribution in [0.3, 0.4) is 0 Å². The molecule has 0 aromatic heterocycles. The van der Waals surface area contributed by atoms with E-state index in [4.69, 9.17) is 27.9 Å². The number of ether oxygens (including phenoxy) is 1. The molecule has 0 aliphatic carbocycles. The molecule has 0 fully saturated rings. The Labute approximate surface area is 113 Å². The molecule has 1 N–H and O–H groups in total. The van der Waals surface area contributed by atoms with Crippen LogP contribution in [0.4, 0.5) is 16.2 Å². The number of aryl methyl sites for hydroxylation is 1. The third-order valence-electron chi connectivity index (χ3n) is 2.04. The molecule has 0 bridgehead atoms. The molecule has 98 valence electrons. The maximum absolute atomic E-state index is 11.3. The van der Waals surface area contributed by atoms with Crippen LogP contribution in [0.25, 0.3) is 0 Å². The van der Waals surface area contributed by atoms with Crippen LogP contribution >= 0.6 is 23.2 Å². The van der Waals surface area contributed by atoms with E-state index in [1.54, 1.807) is 6.92 Å². The van der Waals surface area contributed by atoms with Crippen LogP contribution in [0.1, 0.15) is 5.56 Å². The second kappa shape index (κ2) is 6.42. The van der Waals surface area contributed by atoms with Crippen molar-refractivity contribution in [2.45, 2.75) is 6.92 Å². The summed E-state index contributed by atoms with van der Waals surface area (Å²) in [4.78, 5) is 21.4. The molecule has 1 amide bonds. The van der Waals surface area contributed by atoms with Crippen molar-refractivity contribution in [3.8, 4) is 0 Å². The highest BCUT2D eigenvalue weighted by Gasteiger charge is 2.16. The monoisotopic (exact) mass is 292 g/mol. The van der Waals surface area contributed by atoms with Gasteiger partial charge in [-0.25, -0.2) is 4.79 Å². The fraction of sp³-hybridized carbons (Fsp3) is 0.300. The molecule has 18 heavy (non-hydrogen) atoms. The third-order valence-corrected chi connectivity index (χ3v) is 2.49. The standard InChI is InChI=1S/C10H10Cl2N2O4/c1-6-4-7(12)9(14(16)17)5-8(6)13-10(15)18-3-2-11/h4-5H,2-3H2,1H3,(H,13,15). The number of anilines is 1. The number of nitro benzene ring substituents is 1. The van der Waals surface area contributed by atoms with Crippen LogP contribution in [0.15, 0.2) is 12.1 Å². The first-order valence-electron chi connectivity index (χ1n) is 4.90. The number of halogens is 2. The predicted octanol–water partition coefficient (Wildman–Crippen LogP) is 3.34. The van der Waals surface area contributed by atoms with Gasteiger partial charge in [0.05, 0.1) is 16.5 Å². The smallest absolute Gasteiger partial charge is 0.411 e. The van der Waals surface area contributed by atoms with Crippen molar-refractivity contribution in [1.82, 2.24) is 0 Å². The lowest BCUT2D eigenvalue weighted by Crippen LogP contribution is -2.15. The van der Waals surface area contributed by atoms with Crippen LogP contribution in [-0.4, -0.2) is 23.5 Å². The van der Waals surface area contributed by atoms with E-state index >= 15 is 0 Å². The minimum atomic E-state index is -0.727. The molecule has 0 unspecified atom stereocenters. The quantitative estimate of drug-likeness (QED) is 0.524. The second-order valence-electron chi connectivity index (χ2n) is 3.33. The number of carbonyl (C=O) groups excluding carboxylic acids is 1. The van der Waals surface area contributed by atoms with Crippen LogP contribution in [-0.2, 0) is 4.74 Å². The summed E-state index contributed by atoms with van der Waals surface area (Å²) in [6.07, 6.45) is -0.727. The van der Waals surface area contributed by atoms with Crippen molar-refractivity contribution in [3.63, 3.8) is 0 Å². The summed E-state index contributed by atoms with van der Waals surface area (Å²) < 4.78 is 4.70. The van der Waals surface area contributed by atoms with Gasteiger partial charge >= 0.3 is 6.09 Å². The maximum atomic E-state index is 11.3. The summed E-state index contributed by atoms with van der Waals surface area (Å²) >= 11 is 11.1. The van der Waals surface area contributed by atoms with E-state index in [-0.39, 0.29) is 28.9 Å². The van der Waals surface area contributed by atoms with Crippen molar-refractivity contribution < 1.29 is 14.5 Å². The van der Waals surface area contributed by atoms with Gasteiger partial charge in [-0.3, -0.25) is 15.4 Å². The summed E-state index contributed by atoms with van der Waals surface area (Å²) in [5.41, 5.74) is 0.578. The summed E-state index contributed by atoms with van der Waals surface area (Å²) in [5.74, 6) is 0.174. The van der Waals surface area contributed by atoms with Crippen molar-refractivity contribution >= 4 is 40.7 Å². The van der Waals surface area contributed by atoms with Gasteiger partial charge in [0.25, 0.3) is 5.69 Å². The van der Waals surface area contributed by atoms with Gasteiger partial charge in [0.15, 0.2) is 0 Å². The molecule has 0 saturated carbocycles. The van der Waals surface area contributed by atoms with Crippen molar-refractivity contribution in [3.05, 3.63) is 32.8 Å². The highest BCUT2D eigenvalue weighted by molar-refractivity contribution is 6.32. The lowest BCUT2D eigenvalue weighted by atomic mass is 10.2. The Morgan fingerprint density at radius 3 is 2.78 bits per heavy atom. The van der Waals surface area contributed by atoms with Gasteiger partial charge in [-0.1, -0.05) is 11.6 Å². The number of hydrogen-bond acceptors (Lipinski definition) is 4. The number of rotatable bonds is 4. The highest BCUT2D eigenvalue weighted by Crippen LogP contribution is 2.30. The van der Waals surface area contributed by atoms with Gasteiger partial charge in [0.2, 0.25) is 0 Å². The number of hydrogen-bond donors (Lipinski definition) is 1. The average Bonchev–Trinajstić information content (AvgIpc) is 2.29. The molecular formula is C10H10Cl2N2O4.